The van der Waals surface area contributed by atoms with E-state index in [4.69, 9.17) is 0 Å². The van der Waals surface area contributed by atoms with Gasteiger partial charge in [-0.25, -0.2) is 0 Å². The molecule has 5 heteroatoms. The van der Waals surface area contributed by atoms with E-state index in [1.165, 1.54) is 0 Å². The Morgan fingerprint density at radius 1 is 1.32 bits per heavy atom. The summed E-state index contributed by atoms with van der Waals surface area (Å²) >= 11 is 0. The molecule has 0 aliphatic heterocycles. The predicted molar refractivity (Wildman–Crippen MR) is 73.4 cm³/mol. The van der Waals surface area contributed by atoms with Gasteiger partial charge in [0.15, 0.2) is 0 Å². The molecule has 19 heavy (non-hydrogen) atoms. The fourth-order valence-electron chi connectivity index (χ4n) is 2.07. The van der Waals surface area contributed by atoms with Crippen LogP contribution in [0.4, 0.5) is 0 Å². The molecule has 1 aliphatic carbocycles. The molecule has 3 atom stereocenters. The van der Waals surface area contributed by atoms with E-state index in [9.17, 15) is 14.7 Å². The second kappa shape index (κ2) is 7.48. The topological polar surface area (TPSA) is 78.4 Å². The van der Waals surface area contributed by atoms with Gasteiger partial charge in [-0.1, -0.05) is 20.8 Å². The monoisotopic (exact) mass is 270 g/mol. The molecule has 1 saturated carbocycles. The second-order valence-corrected chi connectivity index (χ2v) is 5.95. The highest BCUT2D eigenvalue weighted by atomic mass is 16.3. The van der Waals surface area contributed by atoms with Crippen molar-refractivity contribution in [3.63, 3.8) is 0 Å². The molecular formula is C14H26N2O3. The Bertz CT molecular complexity index is 318. The summed E-state index contributed by atoms with van der Waals surface area (Å²) in [5.74, 6) is 0.967. The molecule has 3 unspecified atom stereocenters. The SMILES string of the molecule is CC(C)CC(O)CNC(=O)CCNC(=O)C1CC1C. The van der Waals surface area contributed by atoms with E-state index in [0.29, 0.717) is 24.8 Å². The minimum absolute atomic E-state index is 0.0557. The highest BCUT2D eigenvalue weighted by Crippen LogP contribution is 2.37. The summed E-state index contributed by atoms with van der Waals surface area (Å²) < 4.78 is 0. The van der Waals surface area contributed by atoms with Gasteiger partial charge in [-0.3, -0.25) is 9.59 Å². The maximum Gasteiger partial charge on any atom is 0.223 e. The number of carbonyl (C=O) groups is 2. The van der Waals surface area contributed by atoms with Crippen molar-refractivity contribution in [2.45, 2.75) is 46.1 Å². The lowest BCUT2D eigenvalue weighted by Gasteiger charge is -2.13. The third-order valence-corrected chi connectivity index (χ3v) is 3.38. The molecule has 0 radical (unpaired) electrons. The molecular weight excluding hydrogens is 244 g/mol. The molecule has 0 aromatic rings. The maximum absolute atomic E-state index is 11.5. The Balaban J connectivity index is 2.03. The van der Waals surface area contributed by atoms with Crippen LogP contribution in [0, 0.1) is 17.8 Å². The fourth-order valence-corrected chi connectivity index (χ4v) is 2.07. The van der Waals surface area contributed by atoms with Crippen molar-refractivity contribution in [3.05, 3.63) is 0 Å². The van der Waals surface area contributed by atoms with Gasteiger partial charge in [-0.2, -0.15) is 0 Å². The van der Waals surface area contributed by atoms with Gasteiger partial charge in [-0.05, 0) is 24.7 Å². The van der Waals surface area contributed by atoms with Gasteiger partial charge in [0.05, 0.1) is 6.10 Å². The molecule has 1 aliphatic rings. The quantitative estimate of drug-likeness (QED) is 0.606. The first-order chi connectivity index (χ1) is 8.90. The number of rotatable bonds is 8. The third-order valence-electron chi connectivity index (χ3n) is 3.38. The molecule has 0 bridgehead atoms. The van der Waals surface area contributed by atoms with Gasteiger partial charge in [0.1, 0.15) is 0 Å². The van der Waals surface area contributed by atoms with Gasteiger partial charge in [-0.15, -0.1) is 0 Å². The smallest absolute Gasteiger partial charge is 0.223 e. The van der Waals surface area contributed by atoms with Gasteiger partial charge in [0.25, 0.3) is 0 Å². The van der Waals surface area contributed by atoms with Gasteiger partial charge in [0.2, 0.25) is 11.8 Å². The van der Waals surface area contributed by atoms with Gasteiger partial charge < -0.3 is 15.7 Å². The van der Waals surface area contributed by atoms with E-state index in [1.54, 1.807) is 0 Å². The van der Waals surface area contributed by atoms with Crippen molar-refractivity contribution in [1.82, 2.24) is 10.6 Å². The Morgan fingerprint density at radius 3 is 2.47 bits per heavy atom. The highest BCUT2D eigenvalue weighted by Gasteiger charge is 2.38. The first kappa shape index (κ1) is 16.0. The lowest BCUT2D eigenvalue weighted by molar-refractivity contribution is -0.123. The van der Waals surface area contributed by atoms with E-state index < -0.39 is 6.10 Å². The molecule has 0 aromatic heterocycles. The summed E-state index contributed by atoms with van der Waals surface area (Å²) in [5.41, 5.74) is 0. The zero-order chi connectivity index (χ0) is 14.4. The number of aliphatic hydroxyl groups excluding tert-OH is 1. The number of nitrogens with one attached hydrogen (secondary N) is 2. The van der Waals surface area contributed by atoms with E-state index in [1.807, 2.05) is 20.8 Å². The van der Waals surface area contributed by atoms with Gasteiger partial charge >= 0.3 is 0 Å². The van der Waals surface area contributed by atoms with Crippen molar-refractivity contribution in [2.24, 2.45) is 17.8 Å². The fraction of sp³-hybridized carbons (Fsp3) is 0.857. The van der Waals surface area contributed by atoms with Crippen LogP contribution < -0.4 is 10.6 Å². The number of hydrogen-bond acceptors (Lipinski definition) is 3. The van der Waals surface area contributed by atoms with E-state index in [2.05, 4.69) is 10.6 Å². The van der Waals surface area contributed by atoms with Crippen LogP contribution >= 0.6 is 0 Å². The minimum atomic E-state index is -0.495. The van der Waals surface area contributed by atoms with E-state index in [0.717, 1.165) is 6.42 Å². The molecule has 2 amide bonds. The van der Waals surface area contributed by atoms with E-state index >= 15 is 0 Å². The van der Waals surface area contributed by atoms with Crippen molar-refractivity contribution in [3.8, 4) is 0 Å². The predicted octanol–water partition coefficient (Wildman–Crippen LogP) is 0.672. The van der Waals surface area contributed by atoms with Crippen molar-refractivity contribution < 1.29 is 14.7 Å². The van der Waals surface area contributed by atoms with Crippen molar-refractivity contribution in [2.75, 3.05) is 13.1 Å². The standard InChI is InChI=1S/C14H26N2O3/c1-9(2)6-11(17)8-16-13(18)4-5-15-14(19)12-7-10(12)3/h9-12,17H,4-8H2,1-3H3,(H,15,19)(H,16,18). The number of hydrogen-bond donors (Lipinski definition) is 3. The van der Waals surface area contributed by atoms with Crippen LogP contribution in [0.15, 0.2) is 0 Å². The second-order valence-electron chi connectivity index (χ2n) is 5.95. The van der Waals surface area contributed by atoms with Crippen molar-refractivity contribution in [1.29, 1.82) is 0 Å². The van der Waals surface area contributed by atoms with Crippen molar-refractivity contribution >= 4 is 11.8 Å². The molecule has 110 valence electrons. The first-order valence-corrected chi connectivity index (χ1v) is 7.12. The maximum atomic E-state index is 11.5. The summed E-state index contributed by atoms with van der Waals surface area (Å²) in [6.07, 6.45) is 1.41. The average molecular weight is 270 g/mol. The Kier molecular flexibility index (Phi) is 6.28. The molecule has 0 spiro atoms. The van der Waals surface area contributed by atoms with Crippen LogP contribution in [0.3, 0.4) is 0 Å². The average Bonchev–Trinajstić information content (AvgIpc) is 3.03. The van der Waals surface area contributed by atoms with E-state index in [-0.39, 0.29) is 30.7 Å². The highest BCUT2D eigenvalue weighted by molar-refractivity contribution is 5.82. The molecule has 1 fully saturated rings. The summed E-state index contributed by atoms with van der Waals surface area (Å²) in [6.45, 7) is 6.75. The lowest BCUT2D eigenvalue weighted by atomic mass is 10.1. The first-order valence-electron chi connectivity index (χ1n) is 7.12. The number of amides is 2. The number of carbonyl (C=O) groups excluding carboxylic acids is 2. The van der Waals surface area contributed by atoms with Crippen LogP contribution in [-0.2, 0) is 9.59 Å². The largest absolute Gasteiger partial charge is 0.391 e. The zero-order valence-electron chi connectivity index (χ0n) is 12.1. The number of aliphatic hydroxyl groups is 1. The Labute approximate surface area is 115 Å². The molecule has 3 N–H and O–H groups in total. The molecule has 1 rings (SSSR count). The Hall–Kier alpha value is -1.10. The third kappa shape index (κ3) is 6.57. The summed E-state index contributed by atoms with van der Waals surface area (Å²) in [5, 5.41) is 15.0. The van der Waals surface area contributed by atoms with Gasteiger partial charge in [0, 0.05) is 25.4 Å². The summed E-state index contributed by atoms with van der Waals surface area (Å²) in [7, 11) is 0. The van der Waals surface area contributed by atoms with Crippen LogP contribution in [-0.4, -0.2) is 36.1 Å². The van der Waals surface area contributed by atoms with Crippen LogP contribution in [0.25, 0.3) is 0 Å². The summed E-state index contributed by atoms with van der Waals surface area (Å²) in [6, 6.07) is 0. The van der Waals surface area contributed by atoms with Crippen LogP contribution in [0.2, 0.25) is 0 Å². The van der Waals surface area contributed by atoms with Crippen LogP contribution in [0.1, 0.15) is 40.0 Å². The Morgan fingerprint density at radius 2 is 1.95 bits per heavy atom. The van der Waals surface area contributed by atoms with Crippen LogP contribution in [0.5, 0.6) is 0 Å². The normalized spacial score (nSPS) is 23.0. The summed E-state index contributed by atoms with van der Waals surface area (Å²) in [4.78, 5) is 23.0. The molecule has 0 saturated heterocycles. The molecule has 0 heterocycles. The minimum Gasteiger partial charge on any atom is -0.391 e. The molecule has 0 aromatic carbocycles. The lowest BCUT2D eigenvalue weighted by Crippen LogP contribution is -2.35. The zero-order valence-corrected chi connectivity index (χ0v) is 12.1. The molecule has 5 nitrogen and oxygen atoms in total.